The molecule has 33 heavy (non-hydrogen) atoms. The molecule has 0 aliphatic carbocycles. The Labute approximate surface area is 189 Å². The molecule has 8 heteroatoms. The molecular formula is C25H20F2N2O4. The summed E-state index contributed by atoms with van der Waals surface area (Å²) in [6.07, 6.45) is 0. The Kier molecular flexibility index (Phi) is 5.83. The monoisotopic (exact) mass is 450 g/mol. The molecule has 1 aliphatic heterocycles. The number of rotatable bonds is 6. The average molecular weight is 450 g/mol. The molecule has 0 saturated carbocycles. The van der Waals surface area contributed by atoms with E-state index < -0.39 is 23.4 Å². The van der Waals surface area contributed by atoms with Crippen LogP contribution in [0.25, 0.3) is 5.57 Å². The van der Waals surface area contributed by atoms with Crippen LogP contribution in [0.3, 0.4) is 0 Å². The van der Waals surface area contributed by atoms with Gasteiger partial charge in [-0.3, -0.25) is 9.59 Å². The van der Waals surface area contributed by atoms with Crippen molar-refractivity contribution < 1.29 is 27.8 Å². The van der Waals surface area contributed by atoms with E-state index >= 15 is 0 Å². The minimum absolute atomic E-state index is 0.0513. The maximum absolute atomic E-state index is 13.8. The summed E-state index contributed by atoms with van der Waals surface area (Å²) in [6.45, 7) is 1.90. The van der Waals surface area contributed by atoms with E-state index in [0.717, 1.165) is 22.6 Å². The predicted octanol–water partition coefficient (Wildman–Crippen LogP) is 4.69. The van der Waals surface area contributed by atoms with Gasteiger partial charge in [0, 0.05) is 17.8 Å². The minimum Gasteiger partial charge on any atom is -0.493 e. The molecular weight excluding hydrogens is 430 g/mol. The Morgan fingerprint density at radius 1 is 0.788 bits per heavy atom. The summed E-state index contributed by atoms with van der Waals surface area (Å²) in [5, 5.41) is 2.81. The van der Waals surface area contributed by atoms with Crippen LogP contribution in [-0.4, -0.2) is 26.0 Å². The van der Waals surface area contributed by atoms with E-state index in [2.05, 4.69) is 5.32 Å². The molecule has 3 aromatic carbocycles. The standard InChI is InChI=1S/C25H20F2N2O4/c1-14-4-6-15(7-5-14)22-23(28-16-8-10-18(26)19(27)12-16)25(31)29(24(22)30)17-9-11-20(32-2)21(13-17)33-3/h4-13,28H,1-3H3. The van der Waals surface area contributed by atoms with Crippen molar-refractivity contribution >= 4 is 28.8 Å². The topological polar surface area (TPSA) is 67.9 Å². The molecule has 0 radical (unpaired) electrons. The van der Waals surface area contributed by atoms with Gasteiger partial charge in [0.1, 0.15) is 5.70 Å². The zero-order chi connectivity index (χ0) is 23.7. The van der Waals surface area contributed by atoms with Gasteiger partial charge in [0.2, 0.25) is 0 Å². The lowest BCUT2D eigenvalue weighted by Crippen LogP contribution is -2.32. The molecule has 1 N–H and O–H groups in total. The summed E-state index contributed by atoms with van der Waals surface area (Å²) < 4.78 is 37.7. The molecule has 0 fully saturated rings. The van der Waals surface area contributed by atoms with Crippen molar-refractivity contribution in [1.29, 1.82) is 0 Å². The summed E-state index contributed by atoms with van der Waals surface area (Å²) in [6, 6.07) is 14.9. The number of anilines is 2. The number of aryl methyl sites for hydroxylation is 1. The highest BCUT2D eigenvalue weighted by Gasteiger charge is 2.40. The Bertz CT molecular complexity index is 1290. The number of methoxy groups -OCH3 is 2. The molecule has 0 bridgehead atoms. The van der Waals surface area contributed by atoms with Gasteiger partial charge in [0.25, 0.3) is 11.8 Å². The molecule has 0 unspecified atom stereocenters. The lowest BCUT2D eigenvalue weighted by Gasteiger charge is -2.17. The predicted molar refractivity (Wildman–Crippen MR) is 120 cm³/mol. The molecule has 6 nitrogen and oxygen atoms in total. The number of benzene rings is 3. The molecule has 1 heterocycles. The summed E-state index contributed by atoms with van der Waals surface area (Å²) in [4.78, 5) is 27.9. The molecule has 4 rings (SSSR count). The van der Waals surface area contributed by atoms with E-state index in [-0.39, 0.29) is 22.6 Å². The van der Waals surface area contributed by atoms with E-state index in [1.165, 1.54) is 26.4 Å². The molecule has 1 aliphatic rings. The SMILES string of the molecule is COc1ccc(N2C(=O)C(Nc3ccc(F)c(F)c3)=C(c3ccc(C)cc3)C2=O)cc1OC. The number of nitrogens with one attached hydrogen (secondary N) is 1. The Morgan fingerprint density at radius 3 is 2.12 bits per heavy atom. The van der Waals surface area contributed by atoms with Crippen molar-refractivity contribution in [3.05, 3.63) is 89.1 Å². The van der Waals surface area contributed by atoms with Gasteiger partial charge in [-0.2, -0.15) is 0 Å². The molecule has 0 aromatic heterocycles. The van der Waals surface area contributed by atoms with Crippen LogP contribution in [0.5, 0.6) is 11.5 Å². The highest BCUT2D eigenvalue weighted by Crippen LogP contribution is 2.37. The van der Waals surface area contributed by atoms with Gasteiger partial charge >= 0.3 is 0 Å². The van der Waals surface area contributed by atoms with E-state index in [1.807, 2.05) is 19.1 Å². The zero-order valence-corrected chi connectivity index (χ0v) is 18.1. The quantitative estimate of drug-likeness (QED) is 0.552. The largest absolute Gasteiger partial charge is 0.493 e. The van der Waals surface area contributed by atoms with E-state index in [4.69, 9.17) is 9.47 Å². The summed E-state index contributed by atoms with van der Waals surface area (Å²) >= 11 is 0. The molecule has 168 valence electrons. The van der Waals surface area contributed by atoms with E-state index in [9.17, 15) is 18.4 Å². The van der Waals surface area contributed by atoms with Crippen molar-refractivity contribution in [1.82, 2.24) is 0 Å². The van der Waals surface area contributed by atoms with Crippen LogP contribution in [-0.2, 0) is 9.59 Å². The van der Waals surface area contributed by atoms with Gasteiger partial charge < -0.3 is 14.8 Å². The van der Waals surface area contributed by atoms with Crippen molar-refractivity contribution in [3.8, 4) is 11.5 Å². The van der Waals surface area contributed by atoms with Crippen molar-refractivity contribution in [2.24, 2.45) is 0 Å². The second-order valence-corrected chi connectivity index (χ2v) is 7.35. The maximum Gasteiger partial charge on any atom is 0.282 e. The molecule has 0 atom stereocenters. The summed E-state index contributed by atoms with van der Waals surface area (Å²) in [5.41, 5.74) is 1.94. The highest BCUT2D eigenvalue weighted by atomic mass is 19.2. The van der Waals surface area contributed by atoms with Crippen LogP contribution in [0, 0.1) is 18.6 Å². The first kappa shape index (κ1) is 22.0. The molecule has 0 saturated heterocycles. The van der Waals surface area contributed by atoms with Crippen LogP contribution in [0.4, 0.5) is 20.2 Å². The van der Waals surface area contributed by atoms with Gasteiger partial charge in [0.05, 0.1) is 25.5 Å². The van der Waals surface area contributed by atoms with Crippen LogP contribution >= 0.6 is 0 Å². The average Bonchev–Trinajstić information content (AvgIpc) is 3.05. The fraction of sp³-hybridized carbons (Fsp3) is 0.120. The van der Waals surface area contributed by atoms with Gasteiger partial charge in [-0.05, 0) is 36.8 Å². The minimum atomic E-state index is -1.08. The number of hydrogen-bond donors (Lipinski definition) is 1. The first-order chi connectivity index (χ1) is 15.8. The third-order valence-corrected chi connectivity index (χ3v) is 5.24. The summed E-state index contributed by atoms with van der Waals surface area (Å²) in [7, 11) is 2.92. The number of hydrogen-bond acceptors (Lipinski definition) is 5. The first-order valence-electron chi connectivity index (χ1n) is 9.98. The zero-order valence-electron chi connectivity index (χ0n) is 18.1. The summed E-state index contributed by atoms with van der Waals surface area (Å²) in [5.74, 6) is -2.53. The van der Waals surface area contributed by atoms with Crippen molar-refractivity contribution in [2.75, 3.05) is 24.4 Å². The molecule has 3 aromatic rings. The van der Waals surface area contributed by atoms with Crippen LogP contribution in [0.1, 0.15) is 11.1 Å². The number of imide groups is 1. The second-order valence-electron chi connectivity index (χ2n) is 7.35. The third kappa shape index (κ3) is 4.03. The van der Waals surface area contributed by atoms with E-state index in [0.29, 0.717) is 17.1 Å². The van der Waals surface area contributed by atoms with Crippen LogP contribution in [0.15, 0.2) is 66.4 Å². The Balaban J connectivity index is 1.82. The maximum atomic E-state index is 13.8. The number of nitrogens with zero attached hydrogens (tertiary/aromatic N) is 1. The van der Waals surface area contributed by atoms with Crippen molar-refractivity contribution in [2.45, 2.75) is 6.92 Å². The van der Waals surface area contributed by atoms with Crippen LogP contribution < -0.4 is 19.7 Å². The third-order valence-electron chi connectivity index (χ3n) is 5.24. The second kappa shape index (κ2) is 8.74. The molecule has 2 amide bonds. The Hall–Kier alpha value is -4.20. The molecule has 0 spiro atoms. The highest BCUT2D eigenvalue weighted by molar-refractivity contribution is 6.46. The fourth-order valence-electron chi connectivity index (χ4n) is 3.55. The lowest BCUT2D eigenvalue weighted by molar-refractivity contribution is -0.120. The first-order valence-corrected chi connectivity index (χ1v) is 9.98. The van der Waals surface area contributed by atoms with Gasteiger partial charge in [-0.1, -0.05) is 29.8 Å². The number of halogens is 2. The van der Waals surface area contributed by atoms with Gasteiger partial charge in [-0.15, -0.1) is 0 Å². The lowest BCUT2D eigenvalue weighted by atomic mass is 10.0. The number of carbonyl (C=O) groups is 2. The van der Waals surface area contributed by atoms with Crippen LogP contribution in [0.2, 0.25) is 0 Å². The number of ether oxygens (including phenoxy) is 2. The Morgan fingerprint density at radius 2 is 1.48 bits per heavy atom. The van der Waals surface area contributed by atoms with E-state index in [1.54, 1.807) is 24.3 Å². The number of carbonyl (C=O) groups excluding carboxylic acids is 2. The van der Waals surface area contributed by atoms with Gasteiger partial charge in [0.15, 0.2) is 23.1 Å². The number of amides is 2. The van der Waals surface area contributed by atoms with Crippen molar-refractivity contribution in [3.63, 3.8) is 0 Å². The van der Waals surface area contributed by atoms with Gasteiger partial charge in [-0.25, -0.2) is 13.7 Å². The normalized spacial score (nSPS) is 13.5. The fourth-order valence-corrected chi connectivity index (χ4v) is 3.55. The smallest absolute Gasteiger partial charge is 0.282 e.